The first-order chi connectivity index (χ1) is 13.7. The van der Waals surface area contributed by atoms with Crippen LogP contribution in [0, 0.1) is 5.92 Å². The van der Waals surface area contributed by atoms with E-state index in [0.29, 0.717) is 11.5 Å². The molecule has 5 rings (SSSR count). The summed E-state index contributed by atoms with van der Waals surface area (Å²) < 4.78 is 5.64. The topological polar surface area (TPSA) is 58.6 Å². The van der Waals surface area contributed by atoms with E-state index in [2.05, 4.69) is 35.6 Å². The fourth-order valence-electron chi connectivity index (χ4n) is 4.93. The molecule has 4 nitrogen and oxygen atoms in total. The molecule has 0 spiro atoms. The maximum atomic E-state index is 11.6. The van der Waals surface area contributed by atoms with Gasteiger partial charge in [0.2, 0.25) is 0 Å². The number of carbonyl (C=O) groups is 1. The lowest BCUT2D eigenvalue weighted by atomic mass is 9.75. The second-order valence-electron chi connectivity index (χ2n) is 7.52. The molecule has 0 unspecified atom stereocenters. The molecule has 3 atom stereocenters. The summed E-state index contributed by atoms with van der Waals surface area (Å²) in [6, 6.07) is 22.2. The number of anilines is 1. The van der Waals surface area contributed by atoms with Crippen LogP contribution in [0.15, 0.2) is 66.7 Å². The Balaban J connectivity index is 1.70. The van der Waals surface area contributed by atoms with Gasteiger partial charge in [0, 0.05) is 17.2 Å². The molecule has 28 heavy (non-hydrogen) atoms. The first-order valence-corrected chi connectivity index (χ1v) is 9.52. The molecule has 0 saturated heterocycles. The fourth-order valence-corrected chi connectivity index (χ4v) is 4.93. The van der Waals surface area contributed by atoms with Gasteiger partial charge in [0.05, 0.1) is 18.7 Å². The molecule has 0 saturated carbocycles. The third-order valence-electron chi connectivity index (χ3n) is 6.12. The average molecular weight is 371 g/mol. The van der Waals surface area contributed by atoms with Crippen LogP contribution in [-0.2, 0) is 6.42 Å². The number of carboxylic acids is 1. The number of para-hydroxylation sites is 1. The number of hydrogen-bond donors (Lipinski definition) is 2. The van der Waals surface area contributed by atoms with Gasteiger partial charge in [-0.1, -0.05) is 42.5 Å². The Morgan fingerprint density at radius 2 is 1.75 bits per heavy atom. The highest BCUT2D eigenvalue weighted by Gasteiger charge is 2.44. The molecule has 0 amide bonds. The quantitative estimate of drug-likeness (QED) is 0.690. The summed E-state index contributed by atoms with van der Waals surface area (Å²) in [5.41, 5.74) is 6.19. The molecule has 0 bridgehead atoms. The van der Waals surface area contributed by atoms with Crippen molar-refractivity contribution < 1.29 is 14.6 Å². The van der Waals surface area contributed by atoms with Crippen molar-refractivity contribution in [3.05, 3.63) is 94.5 Å². The van der Waals surface area contributed by atoms with Crippen molar-refractivity contribution in [3.8, 4) is 5.75 Å². The van der Waals surface area contributed by atoms with Crippen LogP contribution >= 0.6 is 0 Å². The van der Waals surface area contributed by atoms with Gasteiger partial charge in [-0.2, -0.15) is 0 Å². The van der Waals surface area contributed by atoms with Gasteiger partial charge < -0.3 is 15.2 Å². The first kappa shape index (κ1) is 16.9. The predicted molar refractivity (Wildman–Crippen MR) is 108 cm³/mol. The summed E-state index contributed by atoms with van der Waals surface area (Å²) in [6.07, 6.45) is 0.952. The number of rotatable bonds is 3. The average Bonchev–Trinajstić information content (AvgIpc) is 3.12. The lowest BCUT2D eigenvalue weighted by molar-refractivity contribution is 0.0696. The molecule has 3 aromatic rings. The molecule has 1 heterocycles. The summed E-state index contributed by atoms with van der Waals surface area (Å²) in [4.78, 5) is 11.6. The van der Waals surface area contributed by atoms with Gasteiger partial charge in [-0.05, 0) is 53.3 Å². The molecule has 1 aliphatic carbocycles. The Morgan fingerprint density at radius 1 is 1.00 bits per heavy atom. The zero-order chi connectivity index (χ0) is 19.3. The molecule has 140 valence electrons. The lowest BCUT2D eigenvalue weighted by Gasteiger charge is -2.38. The molecule has 3 aromatic carbocycles. The summed E-state index contributed by atoms with van der Waals surface area (Å²) in [5, 5.41) is 13.2. The monoisotopic (exact) mass is 371 g/mol. The van der Waals surface area contributed by atoms with E-state index in [0.717, 1.165) is 29.0 Å². The molecule has 0 aromatic heterocycles. The van der Waals surface area contributed by atoms with Gasteiger partial charge in [-0.25, -0.2) is 4.79 Å². The van der Waals surface area contributed by atoms with E-state index in [1.54, 1.807) is 13.2 Å². The largest absolute Gasteiger partial charge is 0.496 e. The number of carboxylic acid groups (broad SMARTS) is 1. The van der Waals surface area contributed by atoms with E-state index in [4.69, 9.17) is 4.74 Å². The van der Waals surface area contributed by atoms with Crippen molar-refractivity contribution in [2.24, 2.45) is 5.92 Å². The van der Waals surface area contributed by atoms with Crippen molar-refractivity contribution >= 4 is 11.7 Å². The number of methoxy groups -OCH3 is 1. The number of nitrogens with one attached hydrogen (secondary N) is 1. The van der Waals surface area contributed by atoms with Crippen molar-refractivity contribution in [1.82, 2.24) is 0 Å². The zero-order valence-corrected chi connectivity index (χ0v) is 15.6. The molecule has 2 N–H and O–H groups in total. The minimum atomic E-state index is -0.891. The molecule has 0 radical (unpaired) electrons. The molecule has 2 aliphatic rings. The number of hydrogen-bond acceptors (Lipinski definition) is 3. The van der Waals surface area contributed by atoms with Crippen LogP contribution in [0.4, 0.5) is 5.69 Å². The molecule has 4 heteroatoms. The van der Waals surface area contributed by atoms with Gasteiger partial charge in [-0.15, -0.1) is 0 Å². The SMILES string of the molecule is COc1ccccc1[C@@H]1Nc2ccc(C(=O)O)cc2[C@@H]2c3ccccc3C[C@@H]21. The van der Waals surface area contributed by atoms with E-state index < -0.39 is 5.97 Å². The normalized spacial score (nSPS) is 21.8. The van der Waals surface area contributed by atoms with Gasteiger partial charge in [0.1, 0.15) is 5.75 Å². The van der Waals surface area contributed by atoms with Crippen molar-refractivity contribution in [3.63, 3.8) is 0 Å². The van der Waals surface area contributed by atoms with E-state index in [-0.39, 0.29) is 12.0 Å². The Morgan fingerprint density at radius 3 is 2.54 bits per heavy atom. The van der Waals surface area contributed by atoms with Gasteiger partial charge in [0.25, 0.3) is 0 Å². The first-order valence-electron chi connectivity index (χ1n) is 9.52. The second kappa shape index (κ2) is 6.41. The highest BCUT2D eigenvalue weighted by molar-refractivity contribution is 5.89. The molecule has 1 aliphatic heterocycles. The van der Waals surface area contributed by atoms with E-state index in [9.17, 15) is 9.90 Å². The van der Waals surface area contributed by atoms with Crippen molar-refractivity contribution in [2.75, 3.05) is 12.4 Å². The van der Waals surface area contributed by atoms with Gasteiger partial charge in [0.15, 0.2) is 0 Å². The Bertz CT molecular complexity index is 1070. The third kappa shape index (κ3) is 2.48. The lowest BCUT2D eigenvalue weighted by Crippen LogP contribution is -2.30. The Labute approximate surface area is 163 Å². The van der Waals surface area contributed by atoms with E-state index >= 15 is 0 Å². The Hall–Kier alpha value is -3.27. The molecular formula is C24H21NO3. The Kier molecular flexibility index (Phi) is 3.86. The minimum Gasteiger partial charge on any atom is -0.496 e. The summed E-state index contributed by atoms with van der Waals surface area (Å²) in [5.74, 6) is 0.449. The van der Waals surface area contributed by atoms with E-state index in [1.807, 2.05) is 30.3 Å². The summed E-state index contributed by atoms with van der Waals surface area (Å²) in [7, 11) is 1.70. The summed E-state index contributed by atoms with van der Waals surface area (Å²) in [6.45, 7) is 0. The summed E-state index contributed by atoms with van der Waals surface area (Å²) >= 11 is 0. The maximum Gasteiger partial charge on any atom is 0.335 e. The van der Waals surface area contributed by atoms with Crippen LogP contribution in [-0.4, -0.2) is 18.2 Å². The van der Waals surface area contributed by atoms with Crippen LogP contribution in [0.25, 0.3) is 0 Å². The number of benzene rings is 3. The van der Waals surface area contributed by atoms with Crippen LogP contribution in [0.5, 0.6) is 5.75 Å². The minimum absolute atomic E-state index is 0.0942. The van der Waals surface area contributed by atoms with Gasteiger partial charge >= 0.3 is 5.97 Å². The molecular weight excluding hydrogens is 350 g/mol. The third-order valence-corrected chi connectivity index (χ3v) is 6.12. The molecule has 0 fully saturated rings. The van der Waals surface area contributed by atoms with Crippen molar-refractivity contribution in [2.45, 2.75) is 18.4 Å². The fraction of sp³-hybridized carbons (Fsp3) is 0.208. The van der Waals surface area contributed by atoms with Crippen molar-refractivity contribution in [1.29, 1.82) is 0 Å². The smallest absolute Gasteiger partial charge is 0.335 e. The predicted octanol–water partition coefficient (Wildman–Crippen LogP) is 4.86. The van der Waals surface area contributed by atoms with Crippen LogP contribution in [0.2, 0.25) is 0 Å². The highest BCUT2D eigenvalue weighted by Crippen LogP contribution is 2.54. The standard InChI is InChI=1S/C24H21NO3/c1-28-21-9-5-4-8-17(21)23-19-12-14-6-2-3-7-16(14)22(19)18-13-15(24(26)27)10-11-20(18)25-23/h2-11,13,19,22-23,25H,12H2,1H3,(H,26,27)/t19-,22-,23-/m0/s1. The van der Waals surface area contributed by atoms with Crippen LogP contribution < -0.4 is 10.1 Å². The maximum absolute atomic E-state index is 11.6. The number of ether oxygens (including phenoxy) is 1. The second-order valence-corrected chi connectivity index (χ2v) is 7.52. The zero-order valence-electron chi connectivity index (χ0n) is 15.6. The van der Waals surface area contributed by atoms with Gasteiger partial charge in [-0.3, -0.25) is 0 Å². The number of fused-ring (bicyclic) bond motifs is 5. The number of aromatic carboxylic acids is 1. The van der Waals surface area contributed by atoms with Crippen LogP contribution in [0.3, 0.4) is 0 Å². The van der Waals surface area contributed by atoms with Crippen LogP contribution in [0.1, 0.15) is 44.6 Å². The van der Waals surface area contributed by atoms with E-state index in [1.165, 1.54) is 11.1 Å². The highest BCUT2D eigenvalue weighted by atomic mass is 16.5.